The largest absolute Gasteiger partial charge is 0.332 e. The molecule has 2 aliphatic heterocycles. The number of ketones is 1. The fraction of sp³-hybridized carbons (Fsp3) is 0.286. The molecule has 2 saturated heterocycles. The number of Topliss-reactive ketones (excluding diaryl/α,β-unsaturated/α-hetero) is 1. The van der Waals surface area contributed by atoms with Gasteiger partial charge in [0.15, 0.2) is 11.2 Å². The number of nitrogens with zero attached hydrogens (tertiary/aromatic N) is 3. The monoisotopic (exact) mass is 467 g/mol. The Morgan fingerprint density at radius 2 is 1.40 bits per heavy atom. The molecule has 176 valence electrons. The summed E-state index contributed by atoms with van der Waals surface area (Å²) in [5, 5.41) is 1.64. The first-order valence-corrected chi connectivity index (χ1v) is 11.6. The van der Waals surface area contributed by atoms with Gasteiger partial charge in [0, 0.05) is 32.1 Å². The zero-order valence-corrected chi connectivity index (χ0v) is 20.0. The summed E-state index contributed by atoms with van der Waals surface area (Å²) in [5.74, 6) is -2.20. The number of urea groups is 1. The molecule has 3 aliphatic rings. The Kier molecular flexibility index (Phi) is 4.25. The van der Waals surface area contributed by atoms with Gasteiger partial charge in [-0.2, -0.15) is 0 Å². The fourth-order valence-electron chi connectivity index (χ4n) is 6.80. The Balaban J connectivity index is 1.76. The maximum Gasteiger partial charge on any atom is 0.332 e. The molecule has 0 N–H and O–H groups in total. The molecule has 7 heteroatoms. The Morgan fingerprint density at radius 1 is 0.800 bits per heavy atom. The van der Waals surface area contributed by atoms with E-state index in [4.69, 9.17) is 0 Å². The molecule has 2 spiro atoms. The summed E-state index contributed by atoms with van der Waals surface area (Å²) in [5.41, 5.74) is -0.457. The van der Waals surface area contributed by atoms with E-state index in [9.17, 15) is 19.2 Å². The summed E-state index contributed by atoms with van der Waals surface area (Å²) in [4.78, 5) is 60.0. The van der Waals surface area contributed by atoms with Gasteiger partial charge < -0.3 is 0 Å². The summed E-state index contributed by atoms with van der Waals surface area (Å²) in [6.07, 6.45) is 0. The Hall–Kier alpha value is -3.84. The number of likely N-dealkylation sites (tertiary alicyclic amines) is 1. The van der Waals surface area contributed by atoms with E-state index < -0.39 is 34.7 Å². The highest BCUT2D eigenvalue weighted by molar-refractivity contribution is 6.29. The number of benzene rings is 3. The lowest BCUT2D eigenvalue weighted by Gasteiger charge is -2.50. The fourth-order valence-corrected chi connectivity index (χ4v) is 6.80. The minimum Gasteiger partial charge on any atom is -0.292 e. The van der Waals surface area contributed by atoms with Gasteiger partial charge in [0.25, 0.3) is 0 Å². The lowest BCUT2D eigenvalue weighted by molar-refractivity contribution is -0.163. The molecule has 0 radical (unpaired) electrons. The minimum atomic E-state index is -1.85. The van der Waals surface area contributed by atoms with Gasteiger partial charge in [0.2, 0.25) is 11.8 Å². The van der Waals surface area contributed by atoms with Crippen LogP contribution in [0, 0.1) is 12.3 Å². The number of rotatable bonds is 1. The number of likely N-dealkylation sites (N-methyl/N-ethyl adjacent to an activating group) is 1. The maximum atomic E-state index is 14.5. The van der Waals surface area contributed by atoms with Gasteiger partial charge in [-0.05, 0) is 35.9 Å². The van der Waals surface area contributed by atoms with Crippen LogP contribution in [-0.4, -0.2) is 66.0 Å². The van der Waals surface area contributed by atoms with Crippen molar-refractivity contribution in [2.75, 3.05) is 27.7 Å². The number of carbonyl (C=O) groups is 4. The summed E-state index contributed by atoms with van der Waals surface area (Å²) in [7, 11) is 4.58. The van der Waals surface area contributed by atoms with E-state index in [1.54, 1.807) is 13.1 Å². The number of aryl methyl sites for hydroxylation is 1. The van der Waals surface area contributed by atoms with Crippen LogP contribution in [-0.2, 0) is 15.1 Å². The van der Waals surface area contributed by atoms with E-state index in [0.29, 0.717) is 17.7 Å². The lowest BCUT2D eigenvalue weighted by Crippen LogP contribution is -2.72. The first kappa shape index (κ1) is 21.7. The second-order valence-corrected chi connectivity index (χ2v) is 9.91. The maximum absolute atomic E-state index is 14.5. The molecule has 2 atom stereocenters. The summed E-state index contributed by atoms with van der Waals surface area (Å²) in [6.45, 7) is 2.27. The predicted molar refractivity (Wildman–Crippen MR) is 130 cm³/mol. The molecule has 1 aliphatic carbocycles. The van der Waals surface area contributed by atoms with Crippen LogP contribution in [0.4, 0.5) is 4.79 Å². The Morgan fingerprint density at radius 3 is 2.03 bits per heavy atom. The van der Waals surface area contributed by atoms with Crippen molar-refractivity contribution in [2.24, 2.45) is 5.41 Å². The van der Waals surface area contributed by atoms with Crippen LogP contribution in [0.5, 0.6) is 0 Å². The van der Waals surface area contributed by atoms with Crippen molar-refractivity contribution >= 4 is 34.4 Å². The molecule has 7 nitrogen and oxygen atoms in total. The van der Waals surface area contributed by atoms with Gasteiger partial charge in [0.1, 0.15) is 5.54 Å². The molecule has 3 aromatic carbocycles. The molecular weight excluding hydrogens is 442 g/mol. The van der Waals surface area contributed by atoms with Crippen LogP contribution in [0.3, 0.4) is 0 Å². The predicted octanol–water partition coefficient (Wildman–Crippen LogP) is 3.31. The number of hydrogen-bond acceptors (Lipinski definition) is 5. The molecule has 0 aromatic heterocycles. The van der Waals surface area contributed by atoms with Crippen molar-refractivity contribution < 1.29 is 19.2 Å². The van der Waals surface area contributed by atoms with Crippen LogP contribution < -0.4 is 0 Å². The zero-order chi connectivity index (χ0) is 24.9. The van der Waals surface area contributed by atoms with Crippen molar-refractivity contribution in [1.82, 2.24) is 14.7 Å². The van der Waals surface area contributed by atoms with Gasteiger partial charge in [-0.1, -0.05) is 66.2 Å². The number of carbonyl (C=O) groups excluding carboxylic acids is 4. The van der Waals surface area contributed by atoms with E-state index in [-0.39, 0.29) is 5.78 Å². The quantitative estimate of drug-likeness (QED) is 0.513. The SMILES string of the molecule is Cc1ccc([C@@H]2CN(C)[C@@]3(C(=O)c4cccc5cccc3c45)C23C(=O)N(C)C(=O)N(C)C3=O)cc1. The summed E-state index contributed by atoms with van der Waals surface area (Å²) < 4.78 is 0. The van der Waals surface area contributed by atoms with E-state index >= 15 is 0 Å². The molecule has 6 rings (SSSR count). The zero-order valence-electron chi connectivity index (χ0n) is 20.0. The molecule has 0 bridgehead atoms. The summed E-state index contributed by atoms with van der Waals surface area (Å²) >= 11 is 0. The Bertz CT molecular complexity index is 1450. The third-order valence-corrected chi connectivity index (χ3v) is 8.33. The normalized spacial score (nSPS) is 25.7. The lowest BCUT2D eigenvalue weighted by atomic mass is 9.58. The molecule has 0 unspecified atom stereocenters. The van der Waals surface area contributed by atoms with Gasteiger partial charge in [-0.15, -0.1) is 0 Å². The smallest absolute Gasteiger partial charge is 0.292 e. The van der Waals surface area contributed by atoms with Crippen molar-refractivity contribution in [3.8, 4) is 0 Å². The average molecular weight is 468 g/mol. The third kappa shape index (κ3) is 2.25. The van der Waals surface area contributed by atoms with Crippen LogP contribution >= 0.6 is 0 Å². The number of amides is 4. The number of fused-ring (bicyclic) bond motifs is 2. The number of barbiturate groups is 1. The van der Waals surface area contributed by atoms with E-state index in [0.717, 1.165) is 31.7 Å². The van der Waals surface area contributed by atoms with Crippen molar-refractivity contribution in [3.63, 3.8) is 0 Å². The second-order valence-electron chi connectivity index (χ2n) is 9.91. The first-order valence-electron chi connectivity index (χ1n) is 11.6. The van der Waals surface area contributed by atoms with Gasteiger partial charge >= 0.3 is 6.03 Å². The molecule has 35 heavy (non-hydrogen) atoms. The molecular formula is C28H25N3O4. The highest BCUT2D eigenvalue weighted by Gasteiger charge is 2.79. The number of imide groups is 2. The molecule has 4 amide bonds. The van der Waals surface area contributed by atoms with Crippen LogP contribution in [0.2, 0.25) is 0 Å². The van der Waals surface area contributed by atoms with Gasteiger partial charge in [-0.3, -0.25) is 29.1 Å². The van der Waals surface area contributed by atoms with Crippen molar-refractivity contribution in [3.05, 3.63) is 82.9 Å². The second kappa shape index (κ2) is 6.86. The third-order valence-electron chi connectivity index (χ3n) is 8.33. The molecule has 0 saturated carbocycles. The Labute approximate surface area is 202 Å². The van der Waals surface area contributed by atoms with Crippen LogP contribution in [0.1, 0.15) is 33.0 Å². The number of hydrogen-bond donors (Lipinski definition) is 0. The molecule has 2 heterocycles. The van der Waals surface area contributed by atoms with Crippen molar-refractivity contribution in [2.45, 2.75) is 18.4 Å². The van der Waals surface area contributed by atoms with Crippen LogP contribution in [0.25, 0.3) is 10.8 Å². The molecule has 2 fully saturated rings. The van der Waals surface area contributed by atoms with Gasteiger partial charge in [-0.25, -0.2) is 4.79 Å². The van der Waals surface area contributed by atoms with Crippen molar-refractivity contribution in [1.29, 1.82) is 0 Å². The topological polar surface area (TPSA) is 78.0 Å². The van der Waals surface area contributed by atoms with Crippen LogP contribution in [0.15, 0.2) is 60.7 Å². The minimum absolute atomic E-state index is 0.278. The van der Waals surface area contributed by atoms with E-state index in [1.807, 2.05) is 66.4 Å². The molecule has 3 aromatic rings. The standard InChI is InChI=1S/C28H25N3O4/c1-16-11-13-17(14-12-16)21-15-29(2)28(27(21)24(33)30(3)26(35)31(4)25(27)34)20-10-6-8-18-7-5-9-19(22(18)20)23(28)32/h5-14,21H,15H2,1-4H3/t21-,28-/m0/s1. The highest BCUT2D eigenvalue weighted by atomic mass is 16.2. The average Bonchev–Trinajstić information content (AvgIpc) is 3.29. The van der Waals surface area contributed by atoms with Gasteiger partial charge in [0.05, 0.1) is 0 Å². The van der Waals surface area contributed by atoms with E-state index in [2.05, 4.69) is 0 Å². The first-order chi connectivity index (χ1) is 16.7. The summed E-state index contributed by atoms with van der Waals surface area (Å²) in [6, 6.07) is 18.2. The van der Waals surface area contributed by atoms with E-state index in [1.165, 1.54) is 14.1 Å². The highest BCUT2D eigenvalue weighted by Crippen LogP contribution is 2.65.